The Bertz CT molecular complexity index is 1320. The number of pyridine rings is 1. The second-order valence-electron chi connectivity index (χ2n) is 9.12. The standard InChI is InChI=1S/C27H39N5O6S/c1-6-9-10-21(7-2)19-31(8-3)39(36,37)23-13-11-22(12-14-23)29-30-25-20(4)24(28-5)26(34)32(27(25)35)15-17-38-18-16-33/h11-14,21,33-34H,6-10,15-19H2,1-4H3. The number of azo groups is 1. The third-order valence-electron chi connectivity index (χ3n) is 6.53. The van der Waals surface area contributed by atoms with E-state index < -0.39 is 21.5 Å². The van der Waals surface area contributed by atoms with Gasteiger partial charge in [0.25, 0.3) is 5.56 Å². The molecule has 1 heterocycles. The predicted molar refractivity (Wildman–Crippen MR) is 150 cm³/mol. The first-order valence-corrected chi connectivity index (χ1v) is 14.6. The first-order chi connectivity index (χ1) is 18.7. The molecule has 11 nitrogen and oxygen atoms in total. The van der Waals surface area contributed by atoms with Crippen LogP contribution in [0.25, 0.3) is 4.85 Å². The molecule has 0 aliphatic rings. The van der Waals surface area contributed by atoms with Crippen molar-refractivity contribution in [2.24, 2.45) is 16.1 Å². The lowest BCUT2D eigenvalue weighted by molar-refractivity contribution is 0.0855. The van der Waals surface area contributed by atoms with Gasteiger partial charge in [0.1, 0.15) is 5.69 Å². The number of aromatic nitrogens is 1. The number of aromatic hydroxyl groups is 1. The highest BCUT2D eigenvalue weighted by molar-refractivity contribution is 7.89. The van der Waals surface area contributed by atoms with Gasteiger partial charge in [0, 0.05) is 13.1 Å². The van der Waals surface area contributed by atoms with Crippen LogP contribution in [0.3, 0.4) is 0 Å². The highest BCUT2D eigenvalue weighted by Crippen LogP contribution is 2.34. The molecule has 39 heavy (non-hydrogen) atoms. The highest BCUT2D eigenvalue weighted by Gasteiger charge is 2.25. The molecule has 214 valence electrons. The Morgan fingerprint density at radius 3 is 2.41 bits per heavy atom. The maximum Gasteiger partial charge on any atom is 0.279 e. The number of nitrogens with zero attached hydrogens (tertiary/aromatic N) is 5. The molecule has 0 radical (unpaired) electrons. The molecule has 1 atom stereocenters. The van der Waals surface area contributed by atoms with E-state index in [1.807, 2.05) is 6.92 Å². The van der Waals surface area contributed by atoms with Gasteiger partial charge in [-0.3, -0.25) is 9.36 Å². The number of aliphatic hydroxyl groups is 1. The average molecular weight is 562 g/mol. The molecule has 0 spiro atoms. The summed E-state index contributed by atoms with van der Waals surface area (Å²) in [7, 11) is -3.69. The number of hydrogen-bond acceptors (Lipinski definition) is 8. The minimum atomic E-state index is -3.69. The highest BCUT2D eigenvalue weighted by atomic mass is 32.2. The third kappa shape index (κ3) is 8.19. The van der Waals surface area contributed by atoms with Crippen molar-refractivity contribution in [1.29, 1.82) is 0 Å². The van der Waals surface area contributed by atoms with E-state index in [0.29, 0.717) is 24.7 Å². The van der Waals surface area contributed by atoms with Gasteiger partial charge in [0.2, 0.25) is 15.7 Å². The van der Waals surface area contributed by atoms with E-state index in [0.717, 1.165) is 30.3 Å². The SMILES string of the molecule is [C-]#[N+]c1c(C)c(N=Nc2ccc(S(=O)(=O)N(CC)CC(CC)CCCC)cc2)c(=O)n(CCOCCO)c1O. The van der Waals surface area contributed by atoms with Gasteiger partial charge in [0.05, 0.1) is 43.5 Å². The van der Waals surface area contributed by atoms with Gasteiger partial charge in [-0.25, -0.2) is 13.3 Å². The van der Waals surface area contributed by atoms with Crippen molar-refractivity contribution < 1.29 is 23.4 Å². The van der Waals surface area contributed by atoms with Crippen LogP contribution in [0.5, 0.6) is 5.88 Å². The Balaban J connectivity index is 2.32. The number of rotatable bonds is 16. The number of aliphatic hydroxyl groups excluding tert-OH is 1. The molecule has 2 N–H and O–H groups in total. The summed E-state index contributed by atoms with van der Waals surface area (Å²) in [6.45, 7) is 15.6. The predicted octanol–water partition coefficient (Wildman–Crippen LogP) is 5.06. The van der Waals surface area contributed by atoms with Crippen LogP contribution < -0.4 is 5.56 Å². The third-order valence-corrected chi connectivity index (χ3v) is 8.49. The molecule has 12 heteroatoms. The number of sulfonamides is 1. The Labute approximate surface area is 230 Å². The van der Waals surface area contributed by atoms with E-state index in [1.165, 1.54) is 35.5 Å². The van der Waals surface area contributed by atoms with Gasteiger partial charge >= 0.3 is 0 Å². The Kier molecular flexibility index (Phi) is 12.7. The minimum absolute atomic E-state index is 0.0351. The lowest BCUT2D eigenvalue weighted by Crippen LogP contribution is -2.35. The molecule has 2 aromatic rings. The Hall–Kier alpha value is -3.11. The minimum Gasteiger partial charge on any atom is -0.503 e. The summed E-state index contributed by atoms with van der Waals surface area (Å²) in [5.41, 5.74) is -0.403. The van der Waals surface area contributed by atoms with Gasteiger partial charge in [-0.05, 0) is 49.1 Å². The van der Waals surface area contributed by atoms with Crippen molar-refractivity contribution in [2.75, 3.05) is 32.9 Å². The van der Waals surface area contributed by atoms with Crippen LogP contribution in [0.2, 0.25) is 0 Å². The molecule has 0 saturated heterocycles. The molecular formula is C27H39N5O6S. The van der Waals surface area contributed by atoms with Crippen LogP contribution in [0, 0.1) is 19.4 Å². The molecule has 0 bridgehead atoms. The van der Waals surface area contributed by atoms with Gasteiger partial charge in [-0.1, -0.05) is 40.0 Å². The molecule has 1 unspecified atom stereocenters. The zero-order valence-corrected chi connectivity index (χ0v) is 23.9. The van der Waals surface area contributed by atoms with E-state index >= 15 is 0 Å². The molecule has 0 aliphatic carbocycles. The topological polar surface area (TPSA) is 138 Å². The summed E-state index contributed by atoms with van der Waals surface area (Å²) in [5, 5.41) is 27.4. The summed E-state index contributed by atoms with van der Waals surface area (Å²) in [6.07, 6.45) is 4.04. The average Bonchev–Trinajstić information content (AvgIpc) is 2.93. The Morgan fingerprint density at radius 2 is 1.85 bits per heavy atom. The lowest BCUT2D eigenvalue weighted by atomic mass is 9.99. The number of ether oxygens (including phenoxy) is 1. The molecule has 0 fully saturated rings. The van der Waals surface area contributed by atoms with Gasteiger partial charge in [-0.2, -0.15) is 9.42 Å². The largest absolute Gasteiger partial charge is 0.503 e. The fourth-order valence-corrected chi connectivity index (χ4v) is 5.64. The molecule has 2 rings (SSSR count). The lowest BCUT2D eigenvalue weighted by Gasteiger charge is -2.25. The smallest absolute Gasteiger partial charge is 0.279 e. The van der Waals surface area contributed by atoms with Gasteiger partial charge < -0.3 is 14.9 Å². The second kappa shape index (κ2) is 15.5. The summed E-state index contributed by atoms with van der Waals surface area (Å²) >= 11 is 0. The second-order valence-corrected chi connectivity index (χ2v) is 11.1. The number of hydrogen-bond donors (Lipinski definition) is 2. The number of unbranched alkanes of at least 4 members (excludes halogenated alkanes) is 1. The van der Waals surface area contributed by atoms with Crippen molar-refractivity contribution in [3.05, 3.63) is 51.6 Å². The van der Waals surface area contributed by atoms with Crippen LogP contribution in [0.15, 0.2) is 44.2 Å². The van der Waals surface area contributed by atoms with Crippen molar-refractivity contribution >= 4 is 27.1 Å². The molecular weight excluding hydrogens is 522 g/mol. The molecule has 0 aliphatic heterocycles. The molecule has 0 saturated carbocycles. The normalized spacial score (nSPS) is 12.7. The fraction of sp³-hybridized carbons (Fsp3) is 0.556. The molecule has 1 aromatic heterocycles. The van der Waals surface area contributed by atoms with Crippen molar-refractivity contribution in [3.63, 3.8) is 0 Å². The Morgan fingerprint density at radius 1 is 1.15 bits per heavy atom. The first kappa shape index (κ1) is 32.1. The van der Waals surface area contributed by atoms with Gasteiger partial charge in [-0.15, -0.1) is 5.11 Å². The van der Waals surface area contributed by atoms with E-state index in [4.69, 9.17) is 16.4 Å². The van der Waals surface area contributed by atoms with Crippen LogP contribution in [-0.4, -0.2) is 60.4 Å². The van der Waals surface area contributed by atoms with E-state index in [-0.39, 0.29) is 48.2 Å². The maximum absolute atomic E-state index is 13.3. The van der Waals surface area contributed by atoms with Crippen LogP contribution in [-0.2, 0) is 21.3 Å². The van der Waals surface area contributed by atoms with Crippen LogP contribution in [0.4, 0.5) is 17.1 Å². The van der Waals surface area contributed by atoms with Crippen molar-refractivity contribution in [2.45, 2.75) is 64.8 Å². The first-order valence-electron chi connectivity index (χ1n) is 13.2. The summed E-state index contributed by atoms with van der Waals surface area (Å²) in [5.74, 6) is -0.193. The van der Waals surface area contributed by atoms with E-state index in [1.54, 1.807) is 0 Å². The maximum atomic E-state index is 13.3. The summed E-state index contributed by atoms with van der Waals surface area (Å²) < 4.78 is 34.2. The zero-order valence-electron chi connectivity index (χ0n) is 23.1. The monoisotopic (exact) mass is 561 g/mol. The van der Waals surface area contributed by atoms with Gasteiger partial charge in [0.15, 0.2) is 5.88 Å². The molecule has 0 amide bonds. The fourth-order valence-electron chi connectivity index (χ4n) is 4.12. The number of benzene rings is 1. The van der Waals surface area contributed by atoms with Crippen molar-refractivity contribution in [1.82, 2.24) is 8.87 Å². The van der Waals surface area contributed by atoms with E-state index in [2.05, 4.69) is 28.9 Å². The van der Waals surface area contributed by atoms with E-state index in [9.17, 15) is 18.3 Å². The van der Waals surface area contributed by atoms with Crippen LogP contribution in [0.1, 0.15) is 52.0 Å². The summed E-state index contributed by atoms with van der Waals surface area (Å²) in [4.78, 5) is 16.5. The van der Waals surface area contributed by atoms with Crippen LogP contribution >= 0.6 is 0 Å². The zero-order chi connectivity index (χ0) is 29.0. The van der Waals surface area contributed by atoms with Crippen molar-refractivity contribution in [3.8, 4) is 5.88 Å². The quantitative estimate of drug-likeness (QED) is 0.167. The summed E-state index contributed by atoms with van der Waals surface area (Å²) in [6, 6.07) is 5.94. The molecule has 1 aromatic carbocycles.